The highest BCUT2D eigenvalue weighted by atomic mass is 16.6. The monoisotopic (exact) mass is 298 g/mol. The molecule has 1 aliphatic heterocycles. The number of rotatable bonds is 5. The second kappa shape index (κ2) is 8.02. The van der Waals surface area contributed by atoms with E-state index in [4.69, 9.17) is 4.74 Å². The van der Waals surface area contributed by atoms with Crippen molar-refractivity contribution in [1.29, 1.82) is 0 Å². The summed E-state index contributed by atoms with van der Waals surface area (Å²) in [5.41, 5.74) is -0.425. The molecule has 1 atom stereocenters. The lowest BCUT2D eigenvalue weighted by atomic mass is 9.90. The van der Waals surface area contributed by atoms with Crippen LogP contribution in [0.15, 0.2) is 0 Å². The Balaban J connectivity index is 2.24. The topological polar surface area (TPSA) is 41.6 Å². The number of piperidine rings is 1. The van der Waals surface area contributed by atoms with Crippen LogP contribution in [0.1, 0.15) is 60.8 Å². The second-order valence-electron chi connectivity index (χ2n) is 7.92. The molecule has 0 bridgehead atoms. The van der Waals surface area contributed by atoms with Gasteiger partial charge in [-0.25, -0.2) is 4.79 Å². The van der Waals surface area contributed by atoms with Crippen LogP contribution in [0.25, 0.3) is 0 Å². The number of likely N-dealkylation sites (tertiary alicyclic amines) is 1. The van der Waals surface area contributed by atoms with E-state index < -0.39 is 5.60 Å². The molecule has 4 heteroatoms. The van der Waals surface area contributed by atoms with E-state index >= 15 is 0 Å². The summed E-state index contributed by atoms with van der Waals surface area (Å²) in [6.45, 7) is 15.9. The van der Waals surface area contributed by atoms with Crippen molar-refractivity contribution in [2.24, 2.45) is 11.8 Å². The van der Waals surface area contributed by atoms with E-state index in [9.17, 15) is 4.79 Å². The summed E-state index contributed by atoms with van der Waals surface area (Å²) in [7, 11) is 0. The molecule has 1 N–H and O–H groups in total. The predicted octanol–water partition coefficient (Wildman–Crippen LogP) is 3.66. The number of hydrogen-bond acceptors (Lipinski definition) is 3. The number of hydrogen-bond donors (Lipinski definition) is 1. The first-order valence-electron chi connectivity index (χ1n) is 8.37. The highest BCUT2D eigenvalue weighted by Crippen LogP contribution is 2.22. The van der Waals surface area contributed by atoms with Crippen LogP contribution in [0.3, 0.4) is 0 Å². The van der Waals surface area contributed by atoms with E-state index in [-0.39, 0.29) is 12.1 Å². The Morgan fingerprint density at radius 1 is 1.24 bits per heavy atom. The molecule has 1 heterocycles. The zero-order chi connectivity index (χ0) is 16.0. The average molecular weight is 298 g/mol. The third-order valence-corrected chi connectivity index (χ3v) is 3.78. The molecule has 0 spiro atoms. The maximum Gasteiger partial charge on any atom is 0.407 e. The fourth-order valence-electron chi connectivity index (χ4n) is 2.99. The SMILES string of the molecule is CC(C)CN1CCC(CC(C)NC(=O)OC(C)(C)C)CC1. The Kier molecular flexibility index (Phi) is 6.98. The van der Waals surface area contributed by atoms with Gasteiger partial charge in [-0.2, -0.15) is 0 Å². The number of alkyl carbamates (subject to hydrolysis) is 1. The summed E-state index contributed by atoms with van der Waals surface area (Å²) in [6.07, 6.45) is 3.24. The van der Waals surface area contributed by atoms with Gasteiger partial charge in [-0.3, -0.25) is 0 Å². The fraction of sp³-hybridized carbons (Fsp3) is 0.941. The normalized spacial score (nSPS) is 19.6. The summed E-state index contributed by atoms with van der Waals surface area (Å²) in [6, 6.07) is 0.182. The molecule has 1 amide bonds. The molecule has 124 valence electrons. The number of nitrogens with one attached hydrogen (secondary N) is 1. The molecule has 1 unspecified atom stereocenters. The molecular formula is C17H34N2O2. The minimum atomic E-state index is -0.425. The Bertz CT molecular complexity index is 315. The number of amides is 1. The van der Waals surface area contributed by atoms with Gasteiger partial charge in [0.05, 0.1) is 0 Å². The molecule has 1 aliphatic rings. The Morgan fingerprint density at radius 3 is 2.29 bits per heavy atom. The fourth-order valence-corrected chi connectivity index (χ4v) is 2.99. The minimum Gasteiger partial charge on any atom is -0.444 e. The first-order chi connectivity index (χ1) is 9.65. The molecule has 0 aliphatic carbocycles. The van der Waals surface area contributed by atoms with E-state index in [1.54, 1.807) is 0 Å². The zero-order valence-electron chi connectivity index (χ0n) is 14.7. The van der Waals surface area contributed by atoms with E-state index in [0.29, 0.717) is 0 Å². The minimum absolute atomic E-state index is 0.182. The number of carbonyl (C=O) groups is 1. The highest BCUT2D eigenvalue weighted by molar-refractivity contribution is 5.67. The smallest absolute Gasteiger partial charge is 0.407 e. The van der Waals surface area contributed by atoms with Gasteiger partial charge in [0.15, 0.2) is 0 Å². The summed E-state index contributed by atoms with van der Waals surface area (Å²) >= 11 is 0. The van der Waals surface area contributed by atoms with Crippen molar-refractivity contribution in [3.63, 3.8) is 0 Å². The average Bonchev–Trinajstić information content (AvgIpc) is 2.28. The van der Waals surface area contributed by atoms with Crippen molar-refractivity contribution in [3.05, 3.63) is 0 Å². The summed E-state index contributed by atoms with van der Waals surface area (Å²) in [4.78, 5) is 14.3. The van der Waals surface area contributed by atoms with Crippen LogP contribution in [0.2, 0.25) is 0 Å². The second-order valence-corrected chi connectivity index (χ2v) is 7.92. The van der Waals surface area contributed by atoms with Gasteiger partial charge in [0.1, 0.15) is 5.60 Å². The van der Waals surface area contributed by atoms with Gasteiger partial charge in [0.2, 0.25) is 0 Å². The van der Waals surface area contributed by atoms with Crippen LogP contribution in [0.5, 0.6) is 0 Å². The lowest BCUT2D eigenvalue weighted by Crippen LogP contribution is -2.41. The van der Waals surface area contributed by atoms with Gasteiger partial charge in [-0.05, 0) is 71.9 Å². The first-order valence-corrected chi connectivity index (χ1v) is 8.37. The Morgan fingerprint density at radius 2 is 1.81 bits per heavy atom. The quantitative estimate of drug-likeness (QED) is 0.842. The third kappa shape index (κ3) is 8.30. The largest absolute Gasteiger partial charge is 0.444 e. The Hall–Kier alpha value is -0.770. The van der Waals surface area contributed by atoms with E-state index in [1.807, 2.05) is 20.8 Å². The molecule has 0 aromatic heterocycles. The van der Waals surface area contributed by atoms with Crippen LogP contribution >= 0.6 is 0 Å². The predicted molar refractivity (Wildman–Crippen MR) is 87.5 cm³/mol. The molecule has 1 saturated heterocycles. The van der Waals surface area contributed by atoms with Crippen LogP contribution in [-0.2, 0) is 4.74 Å². The number of ether oxygens (including phenoxy) is 1. The molecule has 0 saturated carbocycles. The maximum atomic E-state index is 11.7. The van der Waals surface area contributed by atoms with E-state index in [0.717, 1.165) is 18.3 Å². The lowest BCUT2D eigenvalue weighted by Gasteiger charge is -2.34. The van der Waals surface area contributed by atoms with E-state index in [1.165, 1.54) is 32.5 Å². The van der Waals surface area contributed by atoms with Crippen LogP contribution in [0, 0.1) is 11.8 Å². The van der Waals surface area contributed by atoms with Crippen molar-refractivity contribution in [1.82, 2.24) is 10.2 Å². The van der Waals surface area contributed by atoms with Gasteiger partial charge in [0, 0.05) is 12.6 Å². The zero-order valence-corrected chi connectivity index (χ0v) is 14.7. The molecular weight excluding hydrogens is 264 g/mol. The van der Waals surface area contributed by atoms with Gasteiger partial charge in [0.25, 0.3) is 0 Å². The summed E-state index contributed by atoms with van der Waals surface area (Å²) in [5.74, 6) is 1.47. The third-order valence-electron chi connectivity index (χ3n) is 3.78. The van der Waals surface area contributed by atoms with Gasteiger partial charge < -0.3 is 15.0 Å². The standard InChI is InChI=1S/C17H34N2O2/c1-13(2)12-19-9-7-15(8-10-19)11-14(3)18-16(20)21-17(4,5)6/h13-15H,7-12H2,1-6H3,(H,18,20). The molecule has 1 rings (SSSR count). The van der Waals surface area contributed by atoms with Crippen LogP contribution < -0.4 is 5.32 Å². The van der Waals surface area contributed by atoms with Crippen molar-refractivity contribution < 1.29 is 9.53 Å². The van der Waals surface area contributed by atoms with Crippen LogP contribution in [0.4, 0.5) is 4.79 Å². The van der Waals surface area contributed by atoms with Crippen LogP contribution in [-0.4, -0.2) is 42.3 Å². The number of carbonyl (C=O) groups excluding carboxylic acids is 1. The molecule has 0 radical (unpaired) electrons. The van der Waals surface area contributed by atoms with Gasteiger partial charge >= 0.3 is 6.09 Å². The van der Waals surface area contributed by atoms with Gasteiger partial charge in [-0.15, -0.1) is 0 Å². The summed E-state index contributed by atoms with van der Waals surface area (Å²) < 4.78 is 5.30. The summed E-state index contributed by atoms with van der Waals surface area (Å²) in [5, 5.41) is 2.95. The number of nitrogens with zero attached hydrogens (tertiary/aromatic N) is 1. The molecule has 4 nitrogen and oxygen atoms in total. The van der Waals surface area contributed by atoms with Crippen molar-refractivity contribution in [2.45, 2.75) is 72.4 Å². The van der Waals surface area contributed by atoms with Crippen molar-refractivity contribution in [2.75, 3.05) is 19.6 Å². The molecule has 0 aromatic rings. The maximum absolute atomic E-state index is 11.7. The Labute approximate surface area is 130 Å². The molecule has 0 aromatic carbocycles. The van der Waals surface area contributed by atoms with Crippen molar-refractivity contribution >= 4 is 6.09 Å². The first kappa shape index (κ1) is 18.3. The highest BCUT2D eigenvalue weighted by Gasteiger charge is 2.23. The van der Waals surface area contributed by atoms with Crippen molar-refractivity contribution in [3.8, 4) is 0 Å². The lowest BCUT2D eigenvalue weighted by molar-refractivity contribution is 0.0497. The van der Waals surface area contributed by atoms with E-state index in [2.05, 4.69) is 31.0 Å². The molecule has 21 heavy (non-hydrogen) atoms. The molecule has 1 fully saturated rings. The van der Waals surface area contributed by atoms with Gasteiger partial charge in [-0.1, -0.05) is 13.8 Å².